The van der Waals surface area contributed by atoms with E-state index in [1.165, 1.54) is 0 Å². The van der Waals surface area contributed by atoms with Crippen LogP contribution in [0.15, 0.2) is 55.3 Å². The fourth-order valence-corrected chi connectivity index (χ4v) is 1.81. The third-order valence-electron chi connectivity index (χ3n) is 2.86. The van der Waals surface area contributed by atoms with Crippen molar-refractivity contribution in [2.45, 2.75) is 13.0 Å². The summed E-state index contributed by atoms with van der Waals surface area (Å²) in [6.45, 7) is 6.70. The van der Waals surface area contributed by atoms with E-state index in [9.17, 15) is 0 Å². The molecular formula is C16H21N3O. The number of ether oxygens (including phenoxy) is 1. The maximum absolute atomic E-state index is 5.43. The van der Waals surface area contributed by atoms with Crippen LogP contribution in [0.2, 0.25) is 0 Å². The van der Waals surface area contributed by atoms with E-state index in [1.807, 2.05) is 53.4 Å². The summed E-state index contributed by atoms with van der Waals surface area (Å²) < 4.78 is 7.31. The normalized spacial score (nSPS) is 10.6. The Morgan fingerprint density at radius 2 is 2.05 bits per heavy atom. The first-order valence-electron chi connectivity index (χ1n) is 6.89. The first kappa shape index (κ1) is 14.5. The first-order chi connectivity index (χ1) is 9.90. The van der Waals surface area contributed by atoms with Crippen molar-refractivity contribution in [3.05, 3.63) is 60.9 Å². The average molecular weight is 271 g/mol. The Morgan fingerprint density at radius 3 is 2.85 bits per heavy atom. The van der Waals surface area contributed by atoms with E-state index in [1.54, 1.807) is 0 Å². The summed E-state index contributed by atoms with van der Waals surface area (Å²) in [5.74, 6) is 0. The van der Waals surface area contributed by atoms with Crippen LogP contribution in [0.1, 0.15) is 12.1 Å². The molecule has 1 aromatic carbocycles. The van der Waals surface area contributed by atoms with Gasteiger partial charge in [-0.1, -0.05) is 24.3 Å². The van der Waals surface area contributed by atoms with Crippen LogP contribution in [0.4, 0.5) is 0 Å². The number of nitrogens with one attached hydrogen (secondary N) is 1. The van der Waals surface area contributed by atoms with Crippen molar-refractivity contribution >= 4 is 0 Å². The minimum Gasteiger partial charge on any atom is -0.380 e. The second-order valence-corrected chi connectivity index (χ2v) is 4.45. The second kappa shape index (κ2) is 8.30. The number of hydrogen-bond acceptors (Lipinski definition) is 3. The average Bonchev–Trinajstić information content (AvgIpc) is 2.96. The fourth-order valence-electron chi connectivity index (χ4n) is 1.81. The number of rotatable bonds is 9. The van der Waals surface area contributed by atoms with Gasteiger partial charge in [0.2, 0.25) is 0 Å². The zero-order chi connectivity index (χ0) is 14.0. The van der Waals surface area contributed by atoms with Gasteiger partial charge in [-0.05, 0) is 24.6 Å². The number of aromatic nitrogens is 2. The Labute approximate surface area is 120 Å². The monoisotopic (exact) mass is 271 g/mol. The maximum atomic E-state index is 5.43. The van der Waals surface area contributed by atoms with Crippen LogP contribution in [0, 0.1) is 0 Å². The van der Waals surface area contributed by atoms with Gasteiger partial charge < -0.3 is 10.1 Å². The molecule has 1 N–H and O–H groups in total. The van der Waals surface area contributed by atoms with Crippen LogP contribution >= 0.6 is 0 Å². The van der Waals surface area contributed by atoms with Crippen LogP contribution in [-0.2, 0) is 11.3 Å². The third-order valence-corrected chi connectivity index (χ3v) is 2.86. The lowest BCUT2D eigenvalue weighted by Gasteiger charge is -2.04. The molecule has 2 rings (SSSR count). The molecule has 0 aliphatic rings. The molecule has 0 radical (unpaired) electrons. The molecule has 4 heteroatoms. The Kier molecular flexibility index (Phi) is 6.02. The predicted molar refractivity (Wildman–Crippen MR) is 80.9 cm³/mol. The SMILES string of the molecule is C=CCCOCCNCc1ccn(-c2ccccc2)n1. The zero-order valence-electron chi connectivity index (χ0n) is 11.7. The summed E-state index contributed by atoms with van der Waals surface area (Å²) in [6.07, 6.45) is 4.75. The van der Waals surface area contributed by atoms with E-state index in [-0.39, 0.29) is 0 Å². The molecule has 20 heavy (non-hydrogen) atoms. The van der Waals surface area contributed by atoms with Crippen LogP contribution in [0.25, 0.3) is 5.69 Å². The lowest BCUT2D eigenvalue weighted by molar-refractivity contribution is 0.140. The van der Waals surface area contributed by atoms with Gasteiger partial charge in [-0.25, -0.2) is 4.68 Å². The topological polar surface area (TPSA) is 39.1 Å². The summed E-state index contributed by atoms with van der Waals surface area (Å²) in [6, 6.07) is 12.1. The highest BCUT2D eigenvalue weighted by Gasteiger charge is 2.00. The Hall–Kier alpha value is -1.91. The van der Waals surface area contributed by atoms with E-state index < -0.39 is 0 Å². The number of para-hydroxylation sites is 1. The van der Waals surface area contributed by atoms with E-state index in [0.29, 0.717) is 6.61 Å². The summed E-state index contributed by atoms with van der Waals surface area (Å²) in [7, 11) is 0. The predicted octanol–water partition coefficient (Wildman–Crippen LogP) is 2.55. The second-order valence-electron chi connectivity index (χ2n) is 4.45. The van der Waals surface area contributed by atoms with Gasteiger partial charge >= 0.3 is 0 Å². The first-order valence-corrected chi connectivity index (χ1v) is 6.89. The van der Waals surface area contributed by atoms with Crippen LogP contribution < -0.4 is 5.32 Å². The summed E-state index contributed by atoms with van der Waals surface area (Å²) in [5.41, 5.74) is 2.10. The molecular weight excluding hydrogens is 250 g/mol. The molecule has 0 atom stereocenters. The molecule has 0 amide bonds. The minimum atomic E-state index is 0.716. The van der Waals surface area contributed by atoms with Crippen LogP contribution in [0.3, 0.4) is 0 Å². The molecule has 0 spiro atoms. The Balaban J connectivity index is 1.70. The third kappa shape index (κ3) is 4.64. The summed E-state index contributed by atoms with van der Waals surface area (Å²) >= 11 is 0. The van der Waals surface area contributed by atoms with Crippen LogP contribution in [0.5, 0.6) is 0 Å². The molecule has 0 aliphatic heterocycles. The Bertz CT molecular complexity index is 507. The van der Waals surface area contributed by atoms with Crippen molar-refractivity contribution in [2.75, 3.05) is 19.8 Å². The lowest BCUT2D eigenvalue weighted by atomic mass is 10.3. The highest BCUT2D eigenvalue weighted by molar-refractivity contribution is 5.30. The molecule has 0 saturated heterocycles. The molecule has 0 fully saturated rings. The van der Waals surface area contributed by atoms with Gasteiger partial charge in [0.15, 0.2) is 0 Å². The maximum Gasteiger partial charge on any atom is 0.0766 e. The van der Waals surface area contributed by atoms with Gasteiger partial charge in [-0.15, -0.1) is 6.58 Å². The summed E-state index contributed by atoms with van der Waals surface area (Å²) in [5, 5.41) is 7.84. The van der Waals surface area contributed by atoms with Crippen molar-refractivity contribution < 1.29 is 4.74 Å². The van der Waals surface area contributed by atoms with E-state index in [2.05, 4.69) is 17.0 Å². The minimum absolute atomic E-state index is 0.716. The van der Waals surface area contributed by atoms with Gasteiger partial charge in [-0.2, -0.15) is 5.10 Å². The van der Waals surface area contributed by atoms with Gasteiger partial charge in [0, 0.05) is 19.3 Å². The highest BCUT2D eigenvalue weighted by Crippen LogP contribution is 2.06. The lowest BCUT2D eigenvalue weighted by Crippen LogP contribution is -2.19. The van der Waals surface area contributed by atoms with Crippen molar-refractivity contribution in [1.29, 1.82) is 0 Å². The number of hydrogen-bond donors (Lipinski definition) is 1. The molecule has 0 saturated carbocycles. The van der Waals surface area contributed by atoms with Crippen molar-refractivity contribution in [3.8, 4) is 5.69 Å². The quantitative estimate of drug-likeness (QED) is 0.563. The molecule has 0 aliphatic carbocycles. The van der Waals surface area contributed by atoms with Gasteiger partial charge in [0.25, 0.3) is 0 Å². The molecule has 0 bridgehead atoms. The standard InChI is InChI=1S/C16H21N3O/c1-2-3-12-20-13-10-17-14-15-9-11-19(18-15)16-7-5-4-6-8-16/h2,4-9,11,17H,1,3,10,12-14H2. The van der Waals surface area contributed by atoms with Gasteiger partial charge in [0.05, 0.1) is 24.6 Å². The van der Waals surface area contributed by atoms with E-state index in [0.717, 1.165) is 37.5 Å². The van der Waals surface area contributed by atoms with Gasteiger partial charge in [0.1, 0.15) is 0 Å². The molecule has 106 valence electrons. The highest BCUT2D eigenvalue weighted by atomic mass is 16.5. The van der Waals surface area contributed by atoms with E-state index >= 15 is 0 Å². The Morgan fingerprint density at radius 1 is 1.20 bits per heavy atom. The fraction of sp³-hybridized carbons (Fsp3) is 0.312. The smallest absolute Gasteiger partial charge is 0.0766 e. The van der Waals surface area contributed by atoms with Crippen molar-refractivity contribution in [3.63, 3.8) is 0 Å². The van der Waals surface area contributed by atoms with Crippen molar-refractivity contribution in [2.24, 2.45) is 0 Å². The molecule has 0 unspecified atom stereocenters. The number of benzene rings is 1. The molecule has 1 aromatic heterocycles. The number of nitrogens with zero attached hydrogens (tertiary/aromatic N) is 2. The molecule has 4 nitrogen and oxygen atoms in total. The van der Waals surface area contributed by atoms with Crippen LogP contribution in [-0.4, -0.2) is 29.5 Å². The van der Waals surface area contributed by atoms with Gasteiger partial charge in [-0.3, -0.25) is 0 Å². The summed E-state index contributed by atoms with van der Waals surface area (Å²) in [4.78, 5) is 0. The zero-order valence-corrected chi connectivity index (χ0v) is 11.7. The molecule has 2 aromatic rings. The van der Waals surface area contributed by atoms with Crippen molar-refractivity contribution in [1.82, 2.24) is 15.1 Å². The molecule has 1 heterocycles. The largest absolute Gasteiger partial charge is 0.380 e. The van der Waals surface area contributed by atoms with E-state index in [4.69, 9.17) is 4.74 Å².